The van der Waals surface area contributed by atoms with E-state index in [4.69, 9.17) is 0 Å². The van der Waals surface area contributed by atoms with Crippen LogP contribution < -0.4 is 0 Å². The van der Waals surface area contributed by atoms with E-state index >= 15 is 0 Å². The quantitative estimate of drug-likeness (QED) is 0.701. The zero-order chi connectivity index (χ0) is 14.6. The van der Waals surface area contributed by atoms with Crippen molar-refractivity contribution in [2.45, 2.75) is 73.3 Å². The second-order valence-corrected chi connectivity index (χ2v) is 6.71. The molecule has 1 aliphatic rings. The van der Waals surface area contributed by atoms with Crippen molar-refractivity contribution < 1.29 is 4.79 Å². The normalized spacial score (nSPS) is 26.8. The van der Waals surface area contributed by atoms with Gasteiger partial charge in [-0.15, -0.1) is 0 Å². The van der Waals surface area contributed by atoms with Gasteiger partial charge in [0.1, 0.15) is 0 Å². The molecule has 1 saturated heterocycles. The molecule has 0 bridgehead atoms. The Labute approximate surface area is 119 Å². The van der Waals surface area contributed by atoms with Crippen molar-refractivity contribution in [1.29, 1.82) is 0 Å². The van der Waals surface area contributed by atoms with Gasteiger partial charge in [-0.2, -0.15) is 0 Å². The van der Waals surface area contributed by atoms with Crippen LogP contribution in [0.25, 0.3) is 0 Å². The summed E-state index contributed by atoms with van der Waals surface area (Å²) >= 11 is 0. The first kappa shape index (κ1) is 16.5. The van der Waals surface area contributed by atoms with Crippen LogP contribution in [0.4, 0.5) is 0 Å². The molecule has 2 heteroatoms. The zero-order valence-corrected chi connectivity index (χ0v) is 13.8. The SMILES string of the molecule is CCC1C[C@@H](C(C)C)N(C(=O)C(CC)C(C)CC)C1. The van der Waals surface area contributed by atoms with Gasteiger partial charge < -0.3 is 4.90 Å². The van der Waals surface area contributed by atoms with Crippen molar-refractivity contribution in [1.82, 2.24) is 4.90 Å². The van der Waals surface area contributed by atoms with Crippen LogP contribution in [0, 0.1) is 23.7 Å². The number of hydrogen-bond acceptors (Lipinski definition) is 1. The highest BCUT2D eigenvalue weighted by molar-refractivity contribution is 5.79. The predicted octanol–water partition coefficient (Wildman–Crippen LogP) is 4.34. The van der Waals surface area contributed by atoms with E-state index in [0.717, 1.165) is 19.4 Å². The van der Waals surface area contributed by atoms with Crippen molar-refractivity contribution in [3.63, 3.8) is 0 Å². The lowest BCUT2D eigenvalue weighted by Crippen LogP contribution is -2.43. The van der Waals surface area contributed by atoms with Gasteiger partial charge in [-0.25, -0.2) is 0 Å². The van der Waals surface area contributed by atoms with Gasteiger partial charge in [-0.3, -0.25) is 4.79 Å². The summed E-state index contributed by atoms with van der Waals surface area (Å²) in [7, 11) is 0. The number of likely N-dealkylation sites (tertiary alicyclic amines) is 1. The molecule has 0 saturated carbocycles. The molecule has 0 aliphatic carbocycles. The number of carbonyl (C=O) groups is 1. The van der Waals surface area contributed by atoms with Crippen LogP contribution in [0.15, 0.2) is 0 Å². The molecule has 0 aromatic carbocycles. The van der Waals surface area contributed by atoms with E-state index in [1.807, 2.05) is 0 Å². The molecule has 0 N–H and O–H groups in total. The number of carbonyl (C=O) groups excluding carboxylic acids is 1. The third kappa shape index (κ3) is 3.73. The maximum atomic E-state index is 12.9. The Balaban J connectivity index is 2.83. The lowest BCUT2D eigenvalue weighted by atomic mass is 9.87. The van der Waals surface area contributed by atoms with E-state index in [2.05, 4.69) is 46.4 Å². The number of rotatable bonds is 6. The minimum atomic E-state index is 0.224. The van der Waals surface area contributed by atoms with E-state index in [1.165, 1.54) is 12.8 Å². The van der Waals surface area contributed by atoms with E-state index < -0.39 is 0 Å². The van der Waals surface area contributed by atoms with Crippen LogP contribution in [-0.2, 0) is 4.79 Å². The largest absolute Gasteiger partial charge is 0.339 e. The van der Waals surface area contributed by atoms with Gasteiger partial charge in [0.25, 0.3) is 0 Å². The number of amides is 1. The molecule has 112 valence electrons. The monoisotopic (exact) mass is 267 g/mol. The molecule has 1 amide bonds. The van der Waals surface area contributed by atoms with Gasteiger partial charge in [0.05, 0.1) is 0 Å². The maximum absolute atomic E-state index is 12.9. The minimum Gasteiger partial charge on any atom is -0.339 e. The Morgan fingerprint density at radius 2 is 1.79 bits per heavy atom. The van der Waals surface area contributed by atoms with E-state index in [-0.39, 0.29) is 5.92 Å². The fraction of sp³-hybridized carbons (Fsp3) is 0.941. The van der Waals surface area contributed by atoms with Crippen molar-refractivity contribution in [2.24, 2.45) is 23.7 Å². The standard InChI is InChI=1S/C17H33NO/c1-7-13(6)15(9-3)17(19)18-11-14(8-2)10-16(18)12(4)5/h12-16H,7-11H2,1-6H3/t13?,14?,15?,16-/m0/s1. The van der Waals surface area contributed by atoms with E-state index in [1.54, 1.807) is 0 Å². The van der Waals surface area contributed by atoms with Crippen LogP contribution in [0.1, 0.15) is 67.2 Å². The minimum absolute atomic E-state index is 0.224. The molecule has 4 atom stereocenters. The average molecular weight is 267 g/mol. The van der Waals surface area contributed by atoms with Crippen LogP contribution in [0.5, 0.6) is 0 Å². The topological polar surface area (TPSA) is 20.3 Å². The summed E-state index contributed by atoms with van der Waals surface area (Å²) in [6, 6.07) is 0.468. The van der Waals surface area contributed by atoms with Gasteiger partial charge in [-0.05, 0) is 30.6 Å². The molecular weight excluding hydrogens is 234 g/mol. The Morgan fingerprint density at radius 1 is 1.16 bits per heavy atom. The van der Waals surface area contributed by atoms with Gasteiger partial charge in [0.2, 0.25) is 5.91 Å². The predicted molar refractivity (Wildman–Crippen MR) is 82.0 cm³/mol. The molecule has 1 fully saturated rings. The molecule has 19 heavy (non-hydrogen) atoms. The molecule has 3 unspecified atom stereocenters. The summed E-state index contributed by atoms with van der Waals surface area (Å²) in [6.07, 6.45) is 4.48. The van der Waals surface area contributed by atoms with Crippen LogP contribution in [0.2, 0.25) is 0 Å². The van der Waals surface area contributed by atoms with Gasteiger partial charge >= 0.3 is 0 Å². The van der Waals surface area contributed by atoms with Crippen LogP contribution in [-0.4, -0.2) is 23.4 Å². The first-order valence-corrected chi connectivity index (χ1v) is 8.26. The summed E-state index contributed by atoms with van der Waals surface area (Å²) in [5.74, 6) is 2.44. The molecule has 1 rings (SSSR count). The third-order valence-electron chi connectivity index (χ3n) is 5.15. The number of nitrogens with zero attached hydrogens (tertiary/aromatic N) is 1. The molecule has 0 aromatic rings. The highest BCUT2D eigenvalue weighted by Crippen LogP contribution is 2.33. The van der Waals surface area contributed by atoms with Crippen LogP contribution in [0.3, 0.4) is 0 Å². The summed E-state index contributed by atoms with van der Waals surface area (Å²) in [5.41, 5.74) is 0. The van der Waals surface area contributed by atoms with Gasteiger partial charge in [-0.1, -0.05) is 54.4 Å². The Kier molecular flexibility index (Phi) is 6.35. The first-order valence-electron chi connectivity index (χ1n) is 8.26. The lowest BCUT2D eigenvalue weighted by Gasteiger charge is -2.32. The second kappa shape index (κ2) is 7.31. The van der Waals surface area contributed by atoms with Crippen molar-refractivity contribution in [3.05, 3.63) is 0 Å². The molecule has 1 heterocycles. The second-order valence-electron chi connectivity index (χ2n) is 6.71. The van der Waals surface area contributed by atoms with Gasteiger partial charge in [0.15, 0.2) is 0 Å². The number of hydrogen-bond donors (Lipinski definition) is 0. The van der Waals surface area contributed by atoms with Crippen molar-refractivity contribution >= 4 is 5.91 Å². The van der Waals surface area contributed by atoms with E-state index in [0.29, 0.717) is 29.7 Å². The molecule has 0 spiro atoms. The van der Waals surface area contributed by atoms with Gasteiger partial charge in [0, 0.05) is 18.5 Å². The lowest BCUT2D eigenvalue weighted by molar-refractivity contribution is -0.139. The molecular formula is C17H33NO. The Hall–Kier alpha value is -0.530. The first-order chi connectivity index (χ1) is 8.96. The molecule has 1 aliphatic heterocycles. The molecule has 0 radical (unpaired) electrons. The smallest absolute Gasteiger partial charge is 0.226 e. The third-order valence-corrected chi connectivity index (χ3v) is 5.15. The fourth-order valence-corrected chi connectivity index (χ4v) is 3.46. The molecule has 0 aromatic heterocycles. The zero-order valence-electron chi connectivity index (χ0n) is 13.8. The highest BCUT2D eigenvalue weighted by atomic mass is 16.2. The summed E-state index contributed by atoms with van der Waals surface area (Å²) in [6.45, 7) is 14.3. The maximum Gasteiger partial charge on any atom is 0.226 e. The Bertz CT molecular complexity index is 287. The average Bonchev–Trinajstić information content (AvgIpc) is 2.83. The fourth-order valence-electron chi connectivity index (χ4n) is 3.46. The van der Waals surface area contributed by atoms with Crippen molar-refractivity contribution in [3.8, 4) is 0 Å². The summed E-state index contributed by atoms with van der Waals surface area (Å²) < 4.78 is 0. The highest BCUT2D eigenvalue weighted by Gasteiger charge is 2.38. The Morgan fingerprint density at radius 3 is 2.21 bits per heavy atom. The summed E-state index contributed by atoms with van der Waals surface area (Å²) in [5, 5.41) is 0. The van der Waals surface area contributed by atoms with E-state index in [9.17, 15) is 4.79 Å². The van der Waals surface area contributed by atoms with Crippen LogP contribution >= 0.6 is 0 Å². The molecule has 2 nitrogen and oxygen atoms in total. The summed E-state index contributed by atoms with van der Waals surface area (Å²) in [4.78, 5) is 15.1. The van der Waals surface area contributed by atoms with Crippen molar-refractivity contribution in [2.75, 3.05) is 6.54 Å².